The highest BCUT2D eigenvalue weighted by Gasteiger charge is 2.33. The van der Waals surface area contributed by atoms with Crippen molar-refractivity contribution in [3.63, 3.8) is 0 Å². The van der Waals surface area contributed by atoms with Crippen LogP contribution in [0.3, 0.4) is 0 Å². The fourth-order valence-electron chi connectivity index (χ4n) is 3.74. The van der Waals surface area contributed by atoms with E-state index in [2.05, 4.69) is 30.4 Å². The van der Waals surface area contributed by atoms with E-state index in [1.165, 1.54) is 16.8 Å². The van der Waals surface area contributed by atoms with Gasteiger partial charge in [-0.3, -0.25) is 4.79 Å². The van der Waals surface area contributed by atoms with Gasteiger partial charge >= 0.3 is 12.4 Å². The summed E-state index contributed by atoms with van der Waals surface area (Å²) in [7, 11) is 0. The molecule has 1 aromatic carbocycles. The van der Waals surface area contributed by atoms with Crippen LogP contribution in [0.5, 0.6) is 0 Å². The molecule has 0 saturated carbocycles. The van der Waals surface area contributed by atoms with E-state index in [1.807, 2.05) is 5.32 Å². The maximum Gasteiger partial charge on any atom is 0.433 e. The number of halogens is 6. The van der Waals surface area contributed by atoms with Crippen molar-refractivity contribution in [2.75, 3.05) is 17.6 Å². The van der Waals surface area contributed by atoms with Gasteiger partial charge in [-0.15, -0.1) is 0 Å². The molecule has 38 heavy (non-hydrogen) atoms. The smallest absolute Gasteiger partial charge is 0.382 e. The van der Waals surface area contributed by atoms with Crippen molar-refractivity contribution in [2.45, 2.75) is 12.4 Å². The Labute approximate surface area is 207 Å². The summed E-state index contributed by atoms with van der Waals surface area (Å²) < 4.78 is 78.0. The number of amides is 1. The van der Waals surface area contributed by atoms with Gasteiger partial charge in [-0.05, 0) is 29.8 Å². The van der Waals surface area contributed by atoms with E-state index in [0.717, 1.165) is 12.4 Å². The number of nitrogen functional groups attached to an aromatic ring is 1. The van der Waals surface area contributed by atoms with Crippen LogP contribution in [-0.2, 0) is 6.18 Å². The number of fused-ring (bicyclic) bond motifs is 2. The van der Waals surface area contributed by atoms with Gasteiger partial charge in [0.15, 0.2) is 11.5 Å². The molecule has 4 aromatic heterocycles. The molecule has 5 rings (SSSR count). The van der Waals surface area contributed by atoms with Crippen LogP contribution in [-0.4, -0.2) is 48.2 Å². The summed E-state index contributed by atoms with van der Waals surface area (Å²) in [5.41, 5.74) is 6.24. The van der Waals surface area contributed by atoms with Crippen molar-refractivity contribution in [3.8, 4) is 11.1 Å². The number of rotatable bonds is 5. The topological polar surface area (TPSA) is 139 Å². The Kier molecular flexibility index (Phi) is 5.80. The molecule has 0 aliphatic heterocycles. The van der Waals surface area contributed by atoms with Gasteiger partial charge < -0.3 is 21.4 Å². The van der Waals surface area contributed by atoms with E-state index in [-0.39, 0.29) is 39.6 Å². The Morgan fingerprint density at radius 2 is 1.76 bits per heavy atom. The predicted octanol–water partition coefficient (Wildman–Crippen LogP) is 4.30. The number of H-pyrrole nitrogens is 1. The van der Waals surface area contributed by atoms with E-state index in [0.29, 0.717) is 11.3 Å². The van der Waals surface area contributed by atoms with E-state index in [4.69, 9.17) is 5.73 Å². The maximum atomic E-state index is 12.9. The molecular formula is C22H15F6N9O. The fraction of sp³-hybridized carbons (Fsp3) is 0.136. The van der Waals surface area contributed by atoms with Gasteiger partial charge in [-0.1, -0.05) is 12.1 Å². The molecular weight excluding hydrogens is 520 g/mol. The number of alkyl halides is 6. The molecule has 0 radical (unpaired) electrons. The number of benzene rings is 1. The Morgan fingerprint density at radius 3 is 2.45 bits per heavy atom. The van der Waals surface area contributed by atoms with E-state index >= 15 is 0 Å². The standard InChI is InChI=1S/C22H15F6N9O/c23-21(24,25)8-30-19(38)12-7-37-16(17(29)31-9-32-37)15(12)10-1-3-11(4-2-10)33-20-34-13-5-6-14(22(26,27)28)35-18(13)36-20/h1-7,9H,8H2,(H,30,38)(H2,29,31,32)(H2,33,34,35,36). The monoisotopic (exact) mass is 535 g/mol. The number of nitrogens with one attached hydrogen (secondary N) is 3. The second-order valence-electron chi connectivity index (χ2n) is 8.00. The molecule has 0 bridgehead atoms. The van der Waals surface area contributed by atoms with Crippen LogP contribution in [0.1, 0.15) is 16.1 Å². The number of hydrogen-bond donors (Lipinski definition) is 4. The van der Waals surface area contributed by atoms with Gasteiger partial charge in [0, 0.05) is 17.4 Å². The summed E-state index contributed by atoms with van der Waals surface area (Å²) in [6.07, 6.45) is -6.84. The summed E-state index contributed by atoms with van der Waals surface area (Å²) in [6.45, 7) is -1.53. The quantitative estimate of drug-likeness (QED) is 0.246. The number of nitrogens with two attached hydrogens (primary N) is 1. The zero-order chi connectivity index (χ0) is 27.2. The van der Waals surface area contributed by atoms with Crippen LogP contribution in [0.25, 0.3) is 27.8 Å². The minimum absolute atomic E-state index is 0.0000691. The first kappa shape index (κ1) is 24.8. The molecule has 0 saturated heterocycles. The fourth-order valence-corrected chi connectivity index (χ4v) is 3.74. The van der Waals surface area contributed by atoms with Crippen LogP contribution in [0.4, 0.5) is 43.8 Å². The average molecular weight is 535 g/mol. The lowest BCUT2D eigenvalue weighted by atomic mass is 10.0. The lowest BCUT2D eigenvalue weighted by Gasteiger charge is -2.10. The first-order valence-corrected chi connectivity index (χ1v) is 10.7. The first-order valence-electron chi connectivity index (χ1n) is 10.7. The largest absolute Gasteiger partial charge is 0.433 e. The zero-order valence-corrected chi connectivity index (χ0v) is 18.8. The highest BCUT2D eigenvalue weighted by Crippen LogP contribution is 2.34. The number of nitrogens with zero attached hydrogens (tertiary/aromatic N) is 5. The second-order valence-corrected chi connectivity index (χ2v) is 8.00. The molecule has 5 aromatic rings. The molecule has 0 atom stereocenters. The molecule has 196 valence electrons. The summed E-state index contributed by atoms with van der Waals surface area (Å²) in [5, 5.41) is 8.71. The lowest BCUT2D eigenvalue weighted by Crippen LogP contribution is -2.33. The molecule has 4 heterocycles. The van der Waals surface area contributed by atoms with Crippen molar-refractivity contribution >= 4 is 40.0 Å². The van der Waals surface area contributed by atoms with Gasteiger partial charge in [0.25, 0.3) is 5.91 Å². The Bertz CT molecular complexity index is 1650. The average Bonchev–Trinajstić information content (AvgIpc) is 3.43. The summed E-state index contributed by atoms with van der Waals surface area (Å²) in [4.78, 5) is 26.9. The Morgan fingerprint density at radius 1 is 1.03 bits per heavy atom. The number of aromatic amines is 1. The number of hydrogen-bond acceptors (Lipinski definition) is 7. The summed E-state index contributed by atoms with van der Waals surface area (Å²) >= 11 is 0. The van der Waals surface area contributed by atoms with Crippen molar-refractivity contribution in [1.29, 1.82) is 0 Å². The van der Waals surface area contributed by atoms with Crippen LogP contribution >= 0.6 is 0 Å². The number of pyridine rings is 1. The van der Waals surface area contributed by atoms with Gasteiger partial charge in [0.1, 0.15) is 29.6 Å². The normalized spacial score (nSPS) is 12.3. The second kappa shape index (κ2) is 8.89. The van der Waals surface area contributed by atoms with Gasteiger partial charge in [0.05, 0.1) is 5.56 Å². The highest BCUT2D eigenvalue weighted by atomic mass is 19.4. The molecule has 0 aliphatic rings. The van der Waals surface area contributed by atoms with Crippen LogP contribution < -0.4 is 16.4 Å². The van der Waals surface area contributed by atoms with E-state index in [1.54, 1.807) is 24.3 Å². The molecule has 16 heteroatoms. The predicted molar refractivity (Wildman–Crippen MR) is 123 cm³/mol. The molecule has 10 nitrogen and oxygen atoms in total. The van der Waals surface area contributed by atoms with E-state index < -0.39 is 30.5 Å². The summed E-state index contributed by atoms with van der Waals surface area (Å²) in [5.74, 6) is -0.865. The lowest BCUT2D eigenvalue weighted by molar-refractivity contribution is -0.141. The Hall–Kier alpha value is -4.89. The molecule has 0 fully saturated rings. The number of imidazole rings is 1. The minimum atomic E-state index is -4.61. The molecule has 0 aliphatic carbocycles. The summed E-state index contributed by atoms with van der Waals surface area (Å²) in [6, 6.07) is 8.27. The SMILES string of the molecule is Nc1ncnn2cc(C(=O)NCC(F)(F)F)c(-c3ccc(Nc4nc5ccc(C(F)(F)F)nc5[nH]4)cc3)c12. The number of carbonyl (C=O) groups is 1. The zero-order valence-electron chi connectivity index (χ0n) is 18.8. The minimum Gasteiger partial charge on any atom is -0.382 e. The number of anilines is 3. The maximum absolute atomic E-state index is 12.9. The van der Waals surface area contributed by atoms with Crippen molar-refractivity contribution < 1.29 is 31.1 Å². The van der Waals surface area contributed by atoms with Gasteiger partial charge in [0.2, 0.25) is 5.95 Å². The van der Waals surface area contributed by atoms with Gasteiger partial charge in [-0.25, -0.2) is 19.5 Å². The molecule has 5 N–H and O–H groups in total. The third-order valence-electron chi connectivity index (χ3n) is 5.37. The van der Waals surface area contributed by atoms with Gasteiger partial charge in [-0.2, -0.15) is 31.4 Å². The third kappa shape index (κ3) is 4.87. The van der Waals surface area contributed by atoms with Crippen molar-refractivity contribution in [2.24, 2.45) is 0 Å². The van der Waals surface area contributed by atoms with Crippen LogP contribution in [0.15, 0.2) is 48.9 Å². The first-order chi connectivity index (χ1) is 17.9. The number of aromatic nitrogens is 6. The number of carbonyl (C=O) groups excluding carboxylic acids is 1. The molecule has 0 spiro atoms. The molecule has 0 unspecified atom stereocenters. The highest BCUT2D eigenvalue weighted by molar-refractivity contribution is 6.07. The van der Waals surface area contributed by atoms with Crippen LogP contribution in [0, 0.1) is 0 Å². The van der Waals surface area contributed by atoms with Crippen molar-refractivity contribution in [1.82, 2.24) is 34.9 Å². The molecule has 1 amide bonds. The Balaban J connectivity index is 1.46. The third-order valence-corrected chi connectivity index (χ3v) is 5.37. The van der Waals surface area contributed by atoms with Crippen LogP contribution in [0.2, 0.25) is 0 Å². The van der Waals surface area contributed by atoms with Crippen molar-refractivity contribution in [3.05, 3.63) is 60.2 Å². The van der Waals surface area contributed by atoms with E-state index in [9.17, 15) is 31.1 Å².